The van der Waals surface area contributed by atoms with Crippen LogP contribution in [0, 0.1) is 0 Å². The minimum Gasteiger partial charge on any atom is -0.303 e. The van der Waals surface area contributed by atoms with Gasteiger partial charge >= 0.3 is 0 Å². The molecule has 0 atom stereocenters. The number of carbonyl (C=O) groups excluding carboxylic acids is 1. The number of hydrogen-bond acceptors (Lipinski definition) is 1. The molecule has 0 bridgehead atoms. The second-order valence-corrected chi connectivity index (χ2v) is 3.89. The second-order valence-electron chi connectivity index (χ2n) is 2.97. The molecule has 70 valence electrons. The Kier molecular flexibility index (Phi) is 4.16. The number of rotatable bonds is 4. The van der Waals surface area contributed by atoms with Crippen LogP contribution in [0.15, 0.2) is 22.7 Å². The SMILES string of the molecule is CCc1cc(Br)ccc1CCC=O. The van der Waals surface area contributed by atoms with E-state index in [1.807, 2.05) is 6.07 Å². The van der Waals surface area contributed by atoms with Gasteiger partial charge < -0.3 is 4.79 Å². The molecule has 0 saturated carbocycles. The maximum absolute atomic E-state index is 10.2. The van der Waals surface area contributed by atoms with E-state index >= 15 is 0 Å². The maximum atomic E-state index is 10.2. The van der Waals surface area contributed by atoms with Gasteiger partial charge in [-0.05, 0) is 36.1 Å². The molecule has 1 aromatic rings. The molecule has 0 N–H and O–H groups in total. The molecule has 0 aliphatic carbocycles. The van der Waals surface area contributed by atoms with Crippen LogP contribution in [0.2, 0.25) is 0 Å². The lowest BCUT2D eigenvalue weighted by Gasteiger charge is -2.06. The molecule has 0 aliphatic heterocycles. The van der Waals surface area contributed by atoms with Crippen LogP contribution < -0.4 is 0 Å². The van der Waals surface area contributed by atoms with Gasteiger partial charge in [-0.2, -0.15) is 0 Å². The Hall–Kier alpha value is -0.630. The first-order valence-corrected chi connectivity index (χ1v) is 5.28. The molecule has 0 amide bonds. The molecule has 0 unspecified atom stereocenters. The van der Waals surface area contributed by atoms with Crippen molar-refractivity contribution in [3.8, 4) is 0 Å². The van der Waals surface area contributed by atoms with Crippen molar-refractivity contribution >= 4 is 22.2 Å². The van der Waals surface area contributed by atoms with Gasteiger partial charge in [0.05, 0.1) is 0 Å². The average molecular weight is 241 g/mol. The number of halogens is 1. The number of hydrogen-bond donors (Lipinski definition) is 0. The molecule has 1 nitrogen and oxygen atoms in total. The van der Waals surface area contributed by atoms with Crippen LogP contribution in [0.3, 0.4) is 0 Å². The molecule has 0 aliphatic rings. The molecule has 2 heteroatoms. The highest BCUT2D eigenvalue weighted by Gasteiger charge is 2.00. The Balaban J connectivity index is 2.85. The van der Waals surface area contributed by atoms with Gasteiger partial charge in [0.2, 0.25) is 0 Å². The summed E-state index contributed by atoms with van der Waals surface area (Å²) >= 11 is 3.44. The van der Waals surface area contributed by atoms with Crippen LogP contribution in [0.1, 0.15) is 24.5 Å². The third-order valence-electron chi connectivity index (χ3n) is 2.08. The molecule has 0 radical (unpaired) electrons. The van der Waals surface area contributed by atoms with E-state index in [0.29, 0.717) is 6.42 Å². The van der Waals surface area contributed by atoms with Gasteiger partial charge in [-0.1, -0.05) is 28.9 Å². The fourth-order valence-corrected chi connectivity index (χ4v) is 1.79. The zero-order chi connectivity index (χ0) is 9.68. The van der Waals surface area contributed by atoms with Gasteiger partial charge in [-0.3, -0.25) is 0 Å². The predicted molar refractivity (Wildman–Crippen MR) is 57.9 cm³/mol. The third-order valence-corrected chi connectivity index (χ3v) is 2.57. The van der Waals surface area contributed by atoms with E-state index in [-0.39, 0.29) is 0 Å². The summed E-state index contributed by atoms with van der Waals surface area (Å²) in [4.78, 5) is 10.2. The highest BCUT2D eigenvalue weighted by atomic mass is 79.9. The Morgan fingerprint density at radius 2 is 2.15 bits per heavy atom. The van der Waals surface area contributed by atoms with Crippen molar-refractivity contribution in [1.82, 2.24) is 0 Å². The molecule has 13 heavy (non-hydrogen) atoms. The van der Waals surface area contributed by atoms with Crippen molar-refractivity contribution < 1.29 is 4.79 Å². The molecule has 0 aromatic heterocycles. The van der Waals surface area contributed by atoms with E-state index in [1.54, 1.807) is 0 Å². The van der Waals surface area contributed by atoms with Gasteiger partial charge in [0.1, 0.15) is 6.29 Å². The largest absolute Gasteiger partial charge is 0.303 e. The molecular formula is C11H13BrO. The average Bonchev–Trinajstić information content (AvgIpc) is 2.16. The summed E-state index contributed by atoms with van der Waals surface area (Å²) in [6.07, 6.45) is 3.48. The first kappa shape index (κ1) is 10.5. The molecule has 0 heterocycles. The Morgan fingerprint density at radius 3 is 2.77 bits per heavy atom. The molecule has 0 fully saturated rings. The molecule has 0 saturated heterocycles. The van der Waals surface area contributed by atoms with Crippen LogP contribution in [-0.2, 0) is 17.6 Å². The predicted octanol–water partition coefficient (Wildman–Crippen LogP) is 3.14. The van der Waals surface area contributed by atoms with Crippen molar-refractivity contribution in [2.75, 3.05) is 0 Å². The smallest absolute Gasteiger partial charge is 0.120 e. The van der Waals surface area contributed by atoms with Crippen LogP contribution >= 0.6 is 15.9 Å². The van der Waals surface area contributed by atoms with E-state index < -0.39 is 0 Å². The maximum Gasteiger partial charge on any atom is 0.120 e. The topological polar surface area (TPSA) is 17.1 Å². The van der Waals surface area contributed by atoms with Gasteiger partial charge in [0, 0.05) is 10.9 Å². The summed E-state index contributed by atoms with van der Waals surface area (Å²) in [5.74, 6) is 0. The number of carbonyl (C=O) groups is 1. The monoisotopic (exact) mass is 240 g/mol. The van der Waals surface area contributed by atoms with Crippen molar-refractivity contribution in [3.05, 3.63) is 33.8 Å². The van der Waals surface area contributed by atoms with Crippen molar-refractivity contribution in [2.45, 2.75) is 26.2 Å². The molecular weight excluding hydrogens is 228 g/mol. The van der Waals surface area contributed by atoms with Crippen LogP contribution in [0.25, 0.3) is 0 Å². The minimum atomic E-state index is 0.620. The minimum absolute atomic E-state index is 0.620. The van der Waals surface area contributed by atoms with Gasteiger partial charge in [-0.15, -0.1) is 0 Å². The summed E-state index contributed by atoms with van der Waals surface area (Å²) in [7, 11) is 0. The zero-order valence-corrected chi connectivity index (χ0v) is 9.30. The first-order valence-electron chi connectivity index (χ1n) is 4.49. The van der Waals surface area contributed by atoms with E-state index in [9.17, 15) is 4.79 Å². The van der Waals surface area contributed by atoms with E-state index in [1.165, 1.54) is 11.1 Å². The van der Waals surface area contributed by atoms with Crippen LogP contribution in [-0.4, -0.2) is 6.29 Å². The Bertz CT molecular complexity index is 294. The number of aryl methyl sites for hydroxylation is 2. The Morgan fingerprint density at radius 1 is 1.38 bits per heavy atom. The summed E-state index contributed by atoms with van der Waals surface area (Å²) in [6, 6.07) is 6.24. The Labute approximate surface area is 87.3 Å². The van der Waals surface area contributed by atoms with Crippen LogP contribution in [0.5, 0.6) is 0 Å². The standard InChI is InChI=1S/C11H13BrO/c1-2-9-8-11(12)6-5-10(9)4-3-7-13/h5-8H,2-4H2,1H3. The van der Waals surface area contributed by atoms with E-state index in [2.05, 4.69) is 35.0 Å². The van der Waals surface area contributed by atoms with E-state index in [4.69, 9.17) is 0 Å². The molecule has 1 aromatic carbocycles. The lowest BCUT2D eigenvalue weighted by molar-refractivity contribution is -0.107. The molecule has 0 spiro atoms. The summed E-state index contributed by atoms with van der Waals surface area (Å²) in [5, 5.41) is 0. The third kappa shape index (κ3) is 2.96. The van der Waals surface area contributed by atoms with Crippen molar-refractivity contribution in [3.63, 3.8) is 0 Å². The highest BCUT2D eigenvalue weighted by molar-refractivity contribution is 9.10. The number of aldehydes is 1. The fraction of sp³-hybridized carbons (Fsp3) is 0.364. The van der Waals surface area contributed by atoms with E-state index in [0.717, 1.165) is 23.6 Å². The zero-order valence-electron chi connectivity index (χ0n) is 7.72. The summed E-state index contributed by atoms with van der Waals surface area (Å²) in [6.45, 7) is 2.13. The fourth-order valence-electron chi connectivity index (χ4n) is 1.38. The lowest BCUT2D eigenvalue weighted by Crippen LogP contribution is -1.93. The van der Waals surface area contributed by atoms with Gasteiger partial charge in [-0.25, -0.2) is 0 Å². The molecule has 1 rings (SSSR count). The highest BCUT2D eigenvalue weighted by Crippen LogP contribution is 2.18. The van der Waals surface area contributed by atoms with Gasteiger partial charge in [0.15, 0.2) is 0 Å². The second kappa shape index (κ2) is 5.18. The summed E-state index contributed by atoms with van der Waals surface area (Å²) in [5.41, 5.74) is 2.62. The van der Waals surface area contributed by atoms with Crippen LogP contribution in [0.4, 0.5) is 0 Å². The lowest BCUT2D eigenvalue weighted by atomic mass is 10.0. The number of benzene rings is 1. The van der Waals surface area contributed by atoms with Crippen molar-refractivity contribution in [1.29, 1.82) is 0 Å². The van der Waals surface area contributed by atoms with Gasteiger partial charge in [0.25, 0.3) is 0 Å². The normalized spacial score (nSPS) is 10.0. The first-order chi connectivity index (χ1) is 6.27. The van der Waals surface area contributed by atoms with Crippen molar-refractivity contribution in [2.24, 2.45) is 0 Å². The quantitative estimate of drug-likeness (QED) is 0.740. The summed E-state index contributed by atoms with van der Waals surface area (Å²) < 4.78 is 1.11.